The van der Waals surface area contributed by atoms with Crippen molar-refractivity contribution in [1.29, 1.82) is 0 Å². The number of carbonyl (C=O) groups is 2. The van der Waals surface area contributed by atoms with E-state index in [1.165, 1.54) is 11.3 Å². The number of hydrogen-bond acceptors (Lipinski definition) is 6. The van der Waals surface area contributed by atoms with Gasteiger partial charge in [-0.2, -0.15) is 0 Å². The van der Waals surface area contributed by atoms with Gasteiger partial charge in [-0.05, 0) is 86.0 Å². The van der Waals surface area contributed by atoms with E-state index < -0.39 is 0 Å². The summed E-state index contributed by atoms with van der Waals surface area (Å²) >= 11 is 1.47. The molecule has 170 valence electrons. The number of benzene rings is 1. The first kappa shape index (κ1) is 21.4. The number of hydrogen-bond donors (Lipinski definition) is 3. The zero-order chi connectivity index (χ0) is 22.6. The van der Waals surface area contributed by atoms with Crippen LogP contribution in [0.3, 0.4) is 0 Å². The number of ketones is 1. The van der Waals surface area contributed by atoms with Crippen molar-refractivity contribution in [3.63, 3.8) is 0 Å². The lowest BCUT2D eigenvalue weighted by Gasteiger charge is -2.50. The number of thiazole rings is 1. The fourth-order valence-corrected chi connectivity index (χ4v) is 7.51. The maximum atomic E-state index is 13.1. The molecule has 0 spiro atoms. The van der Waals surface area contributed by atoms with Crippen molar-refractivity contribution in [2.75, 3.05) is 5.32 Å². The maximum Gasteiger partial charge on any atom is 0.226 e. The standard InChI is InChI=1S/C25H30N2O4S/c1-13-12-26-24(32-13)27-22(31)6-4-15-10-21(30)25(2)8-7-16-17(23(15)25)5-3-14-9-19(28)20(29)11-18(14)16/h9,11-12,15-17,23,28-29H,3-8,10H2,1-2H3,(H,26,27,31). The zero-order valence-electron chi connectivity index (χ0n) is 18.6. The molecule has 1 aromatic heterocycles. The summed E-state index contributed by atoms with van der Waals surface area (Å²) in [6.07, 6.45) is 7.02. The number of aromatic hydroxyl groups is 2. The van der Waals surface area contributed by atoms with Crippen LogP contribution in [0.4, 0.5) is 5.13 Å². The van der Waals surface area contributed by atoms with Gasteiger partial charge in [0.1, 0.15) is 5.78 Å². The Labute approximate surface area is 192 Å². The highest BCUT2D eigenvalue weighted by molar-refractivity contribution is 7.15. The van der Waals surface area contributed by atoms with Crippen LogP contribution < -0.4 is 5.32 Å². The molecule has 5 atom stereocenters. The summed E-state index contributed by atoms with van der Waals surface area (Å²) < 4.78 is 0. The van der Waals surface area contributed by atoms with Gasteiger partial charge in [0.05, 0.1) is 0 Å². The van der Waals surface area contributed by atoms with E-state index in [9.17, 15) is 19.8 Å². The molecule has 0 radical (unpaired) electrons. The van der Waals surface area contributed by atoms with E-state index in [4.69, 9.17) is 0 Å². The number of phenolic OH excluding ortho intramolecular Hbond substituents is 2. The number of amides is 1. The van der Waals surface area contributed by atoms with Crippen LogP contribution in [0, 0.1) is 30.1 Å². The van der Waals surface area contributed by atoms with Crippen LogP contribution in [0.25, 0.3) is 0 Å². The fourth-order valence-electron chi connectivity index (χ4n) is 6.83. The topological polar surface area (TPSA) is 99.5 Å². The van der Waals surface area contributed by atoms with Gasteiger partial charge in [0.2, 0.25) is 5.91 Å². The number of fused-ring (bicyclic) bond motifs is 5. The number of phenols is 2. The number of aryl methyl sites for hydroxylation is 2. The van der Waals surface area contributed by atoms with Crippen LogP contribution in [0.5, 0.6) is 11.5 Å². The molecule has 6 nitrogen and oxygen atoms in total. The molecule has 0 bridgehead atoms. The molecular formula is C25H30N2O4S. The fraction of sp³-hybridized carbons (Fsp3) is 0.560. The average Bonchev–Trinajstić information content (AvgIpc) is 3.27. The molecule has 2 aromatic rings. The highest BCUT2D eigenvalue weighted by Crippen LogP contribution is 2.62. The Balaban J connectivity index is 1.35. The molecule has 0 saturated heterocycles. The van der Waals surface area contributed by atoms with E-state index in [0.717, 1.165) is 41.7 Å². The van der Waals surface area contributed by atoms with Crippen LogP contribution in [0.15, 0.2) is 18.3 Å². The predicted molar refractivity (Wildman–Crippen MR) is 123 cm³/mol. The van der Waals surface area contributed by atoms with Crippen LogP contribution in [0.1, 0.15) is 67.4 Å². The number of aromatic nitrogens is 1. The van der Waals surface area contributed by atoms with Gasteiger partial charge in [-0.25, -0.2) is 4.98 Å². The van der Waals surface area contributed by atoms with Crippen molar-refractivity contribution < 1.29 is 19.8 Å². The average molecular weight is 455 g/mol. The molecule has 7 heteroatoms. The molecule has 1 aromatic carbocycles. The number of carbonyl (C=O) groups excluding carboxylic acids is 2. The number of Topliss-reactive ketones (excluding diaryl/α,β-unsaturated/α-hetero) is 1. The van der Waals surface area contributed by atoms with Crippen LogP contribution in [-0.2, 0) is 16.0 Å². The number of nitrogens with zero attached hydrogens (tertiary/aromatic N) is 1. The van der Waals surface area contributed by atoms with Gasteiger partial charge in [0.15, 0.2) is 16.6 Å². The van der Waals surface area contributed by atoms with Crippen molar-refractivity contribution in [2.45, 2.75) is 64.7 Å². The molecule has 0 aliphatic heterocycles. The summed E-state index contributed by atoms with van der Waals surface area (Å²) in [6, 6.07) is 3.44. The van der Waals surface area contributed by atoms with Crippen molar-refractivity contribution in [3.05, 3.63) is 34.3 Å². The minimum absolute atomic E-state index is 0.0397. The Kier molecular flexibility index (Phi) is 5.27. The van der Waals surface area contributed by atoms with Gasteiger partial charge in [0.25, 0.3) is 0 Å². The zero-order valence-corrected chi connectivity index (χ0v) is 19.4. The number of anilines is 1. The number of rotatable bonds is 4. The summed E-state index contributed by atoms with van der Waals surface area (Å²) in [5, 5.41) is 23.6. The normalized spacial score (nSPS) is 31.0. The van der Waals surface area contributed by atoms with E-state index in [0.29, 0.717) is 42.0 Å². The van der Waals surface area contributed by atoms with Crippen molar-refractivity contribution in [2.24, 2.45) is 23.2 Å². The third-order valence-electron chi connectivity index (χ3n) is 8.27. The van der Waals surface area contributed by atoms with Gasteiger partial charge in [-0.1, -0.05) is 6.92 Å². The molecular weight excluding hydrogens is 424 g/mol. The van der Waals surface area contributed by atoms with Crippen LogP contribution in [0.2, 0.25) is 0 Å². The lowest BCUT2D eigenvalue weighted by atomic mass is 9.54. The monoisotopic (exact) mass is 454 g/mol. The van der Waals surface area contributed by atoms with E-state index in [-0.39, 0.29) is 34.7 Å². The molecule has 1 amide bonds. The Morgan fingerprint density at radius 2 is 2.06 bits per heavy atom. The molecule has 5 rings (SSSR count). The van der Waals surface area contributed by atoms with Gasteiger partial charge < -0.3 is 15.5 Å². The quantitative estimate of drug-likeness (QED) is 0.569. The largest absolute Gasteiger partial charge is 0.504 e. The molecule has 3 aliphatic carbocycles. The van der Waals surface area contributed by atoms with E-state index in [1.54, 1.807) is 18.3 Å². The summed E-state index contributed by atoms with van der Waals surface area (Å²) in [7, 11) is 0. The molecule has 1 heterocycles. The summed E-state index contributed by atoms with van der Waals surface area (Å²) in [6.45, 7) is 4.10. The number of nitrogens with one attached hydrogen (secondary N) is 1. The Hall–Kier alpha value is -2.41. The minimum Gasteiger partial charge on any atom is -0.504 e. The van der Waals surface area contributed by atoms with Crippen molar-refractivity contribution in [3.8, 4) is 11.5 Å². The van der Waals surface area contributed by atoms with Crippen molar-refractivity contribution in [1.82, 2.24) is 4.98 Å². The second-order valence-electron chi connectivity index (χ2n) is 10.1. The minimum atomic E-state index is -0.314. The Morgan fingerprint density at radius 3 is 2.81 bits per heavy atom. The second-order valence-corrected chi connectivity index (χ2v) is 11.3. The second kappa shape index (κ2) is 7.87. The van der Waals surface area contributed by atoms with Gasteiger partial charge >= 0.3 is 0 Å². The molecule has 3 N–H and O–H groups in total. The lowest BCUT2D eigenvalue weighted by Crippen LogP contribution is -2.44. The summed E-state index contributed by atoms with van der Waals surface area (Å²) in [4.78, 5) is 30.9. The van der Waals surface area contributed by atoms with Crippen LogP contribution >= 0.6 is 11.3 Å². The molecule has 3 aliphatic rings. The van der Waals surface area contributed by atoms with Crippen LogP contribution in [-0.4, -0.2) is 26.9 Å². The summed E-state index contributed by atoms with van der Waals surface area (Å²) in [5.74, 6) is 1.31. The first-order chi connectivity index (χ1) is 15.3. The molecule has 2 fully saturated rings. The van der Waals surface area contributed by atoms with Gasteiger partial charge in [-0.3, -0.25) is 9.59 Å². The first-order valence-corrected chi connectivity index (χ1v) is 12.4. The lowest BCUT2D eigenvalue weighted by molar-refractivity contribution is -0.129. The predicted octanol–water partition coefficient (Wildman–Crippen LogP) is 4.93. The first-order valence-electron chi connectivity index (χ1n) is 11.6. The summed E-state index contributed by atoms with van der Waals surface area (Å²) in [5.41, 5.74) is 1.93. The highest BCUT2D eigenvalue weighted by atomic mass is 32.1. The highest BCUT2D eigenvalue weighted by Gasteiger charge is 2.58. The van der Waals surface area contributed by atoms with Gasteiger partial charge in [-0.15, -0.1) is 11.3 Å². The van der Waals surface area contributed by atoms with E-state index >= 15 is 0 Å². The molecule has 32 heavy (non-hydrogen) atoms. The molecule has 2 saturated carbocycles. The maximum absolute atomic E-state index is 13.1. The SMILES string of the molecule is Cc1cnc(NC(=O)CCC2CC(=O)C3(C)CCC4c5cc(O)c(O)cc5CCC4C23)s1. The third-order valence-corrected chi connectivity index (χ3v) is 9.10. The Bertz CT molecular complexity index is 1080. The smallest absolute Gasteiger partial charge is 0.226 e. The van der Waals surface area contributed by atoms with E-state index in [2.05, 4.69) is 17.2 Å². The Morgan fingerprint density at radius 1 is 1.28 bits per heavy atom. The van der Waals surface area contributed by atoms with Crippen molar-refractivity contribution >= 4 is 28.2 Å². The third kappa shape index (κ3) is 3.51. The molecule has 5 unspecified atom stereocenters. The van der Waals surface area contributed by atoms with Gasteiger partial charge in [0, 0.05) is 29.3 Å². The van der Waals surface area contributed by atoms with E-state index in [1.807, 2.05) is 6.92 Å².